The Kier molecular flexibility index (Phi) is 7.79. The van der Waals surface area contributed by atoms with E-state index in [9.17, 15) is 4.79 Å². The Balaban J connectivity index is 1.56. The number of rotatable bonds is 8. The van der Waals surface area contributed by atoms with Crippen molar-refractivity contribution in [2.24, 2.45) is 0 Å². The Morgan fingerprint density at radius 2 is 1.83 bits per heavy atom. The van der Waals surface area contributed by atoms with Crippen LogP contribution in [0.4, 0.5) is 0 Å². The van der Waals surface area contributed by atoms with Gasteiger partial charge >= 0.3 is 0 Å². The van der Waals surface area contributed by atoms with Crippen molar-refractivity contribution in [3.8, 4) is 5.75 Å². The largest absolute Gasteiger partial charge is 0.484 e. The van der Waals surface area contributed by atoms with Crippen LogP contribution in [0.25, 0.3) is 0 Å². The Hall–Kier alpha value is -1.17. The lowest BCUT2D eigenvalue weighted by Gasteiger charge is -2.07. The normalized spacial score (nSPS) is 10.3. The van der Waals surface area contributed by atoms with Crippen LogP contribution in [-0.4, -0.2) is 24.8 Å². The molecule has 23 heavy (non-hydrogen) atoms. The minimum absolute atomic E-state index is 0.0312. The number of amides is 1. The molecule has 122 valence electrons. The topological polar surface area (TPSA) is 38.3 Å². The maximum Gasteiger partial charge on any atom is 0.257 e. The number of carbonyl (C=O) groups excluding carboxylic acids is 1. The van der Waals surface area contributed by atoms with Crippen molar-refractivity contribution in [2.45, 2.75) is 5.75 Å². The Labute approximate surface area is 153 Å². The van der Waals surface area contributed by atoms with E-state index >= 15 is 0 Å². The lowest BCUT2D eigenvalue weighted by atomic mass is 10.2. The van der Waals surface area contributed by atoms with E-state index < -0.39 is 0 Å². The molecule has 3 nitrogen and oxygen atoms in total. The lowest BCUT2D eigenvalue weighted by molar-refractivity contribution is -0.122. The molecule has 0 unspecified atom stereocenters. The van der Waals surface area contributed by atoms with Crippen LogP contribution < -0.4 is 10.1 Å². The van der Waals surface area contributed by atoms with Crippen molar-refractivity contribution in [1.82, 2.24) is 5.32 Å². The molecule has 0 radical (unpaired) electrons. The SMILES string of the molecule is O=C(COc1ccc(Br)cc1)NCCSCc1ccc(Cl)cc1. The summed E-state index contributed by atoms with van der Waals surface area (Å²) in [4.78, 5) is 11.7. The number of hydrogen-bond acceptors (Lipinski definition) is 3. The molecule has 0 aliphatic heterocycles. The summed E-state index contributed by atoms with van der Waals surface area (Å²) in [5.41, 5.74) is 1.23. The van der Waals surface area contributed by atoms with Crippen LogP contribution in [0.3, 0.4) is 0 Å². The van der Waals surface area contributed by atoms with Gasteiger partial charge in [0, 0.05) is 27.5 Å². The molecule has 0 aromatic heterocycles. The van der Waals surface area contributed by atoms with Crippen LogP contribution in [-0.2, 0) is 10.5 Å². The van der Waals surface area contributed by atoms with E-state index in [4.69, 9.17) is 16.3 Å². The highest BCUT2D eigenvalue weighted by molar-refractivity contribution is 9.10. The van der Waals surface area contributed by atoms with E-state index in [0.717, 1.165) is 21.0 Å². The summed E-state index contributed by atoms with van der Waals surface area (Å²) in [5, 5.41) is 3.59. The van der Waals surface area contributed by atoms with E-state index in [1.165, 1.54) is 5.56 Å². The summed E-state index contributed by atoms with van der Waals surface area (Å²) in [6, 6.07) is 15.2. The number of thioether (sulfide) groups is 1. The van der Waals surface area contributed by atoms with Crippen LogP contribution in [0.2, 0.25) is 5.02 Å². The second kappa shape index (κ2) is 9.85. The number of ether oxygens (including phenoxy) is 1. The van der Waals surface area contributed by atoms with Crippen LogP contribution in [0.5, 0.6) is 5.75 Å². The predicted molar refractivity (Wildman–Crippen MR) is 100 cm³/mol. The molecule has 0 aliphatic carbocycles. The second-order valence-electron chi connectivity index (χ2n) is 4.77. The Morgan fingerprint density at radius 3 is 2.52 bits per heavy atom. The van der Waals surface area contributed by atoms with Gasteiger partial charge < -0.3 is 10.1 Å². The number of halogens is 2. The van der Waals surface area contributed by atoms with Crippen molar-refractivity contribution < 1.29 is 9.53 Å². The number of carbonyl (C=O) groups is 1. The summed E-state index contributed by atoms with van der Waals surface area (Å²) < 4.78 is 6.39. The number of nitrogens with one attached hydrogen (secondary N) is 1. The van der Waals surface area contributed by atoms with Gasteiger partial charge in [-0.3, -0.25) is 4.79 Å². The minimum Gasteiger partial charge on any atom is -0.484 e. The van der Waals surface area contributed by atoms with Gasteiger partial charge in [-0.2, -0.15) is 11.8 Å². The molecule has 1 amide bonds. The highest BCUT2D eigenvalue weighted by Crippen LogP contribution is 2.16. The summed E-state index contributed by atoms with van der Waals surface area (Å²) in [6.07, 6.45) is 0. The fraction of sp³-hybridized carbons (Fsp3) is 0.235. The van der Waals surface area contributed by atoms with E-state index in [1.807, 2.05) is 48.5 Å². The molecule has 0 atom stereocenters. The molecule has 0 saturated heterocycles. The fourth-order valence-corrected chi connectivity index (χ4v) is 2.97. The van der Waals surface area contributed by atoms with E-state index in [0.29, 0.717) is 12.3 Å². The first kappa shape index (κ1) is 18.2. The zero-order chi connectivity index (χ0) is 16.5. The first-order valence-corrected chi connectivity index (χ1v) is 9.43. The molecule has 0 heterocycles. The fourth-order valence-electron chi connectivity index (χ4n) is 1.76. The van der Waals surface area contributed by atoms with Crippen molar-refractivity contribution >= 4 is 45.2 Å². The third-order valence-corrected chi connectivity index (χ3v) is 4.75. The molecule has 2 rings (SSSR count). The first-order chi connectivity index (χ1) is 11.1. The van der Waals surface area contributed by atoms with E-state index in [2.05, 4.69) is 21.2 Å². The minimum atomic E-state index is -0.111. The molecule has 1 N–H and O–H groups in total. The number of hydrogen-bond donors (Lipinski definition) is 1. The molecule has 0 aliphatic rings. The average molecular weight is 415 g/mol. The van der Waals surface area contributed by atoms with E-state index in [1.54, 1.807) is 11.8 Å². The second-order valence-corrected chi connectivity index (χ2v) is 7.23. The van der Waals surface area contributed by atoms with Gasteiger partial charge in [-0.1, -0.05) is 39.7 Å². The number of benzene rings is 2. The molecule has 2 aromatic rings. The monoisotopic (exact) mass is 413 g/mol. The molecule has 6 heteroatoms. The van der Waals surface area contributed by atoms with Crippen LogP contribution in [0.15, 0.2) is 53.0 Å². The van der Waals surface area contributed by atoms with Gasteiger partial charge in [-0.05, 0) is 42.0 Å². The van der Waals surface area contributed by atoms with Gasteiger partial charge in [0.25, 0.3) is 5.91 Å². The van der Waals surface area contributed by atoms with Crippen molar-refractivity contribution in [2.75, 3.05) is 18.9 Å². The molecule has 2 aromatic carbocycles. The molecule has 0 saturated carbocycles. The van der Waals surface area contributed by atoms with Crippen molar-refractivity contribution in [3.05, 3.63) is 63.6 Å². The highest BCUT2D eigenvalue weighted by atomic mass is 79.9. The van der Waals surface area contributed by atoms with Gasteiger partial charge in [-0.25, -0.2) is 0 Å². The zero-order valence-corrected chi connectivity index (χ0v) is 15.6. The summed E-state index contributed by atoms with van der Waals surface area (Å²) in [5.74, 6) is 2.33. The predicted octanol–water partition coefficient (Wildman–Crippen LogP) is 4.53. The summed E-state index contributed by atoms with van der Waals surface area (Å²) in [7, 11) is 0. The van der Waals surface area contributed by atoms with Gasteiger partial charge in [0.2, 0.25) is 0 Å². The van der Waals surface area contributed by atoms with E-state index in [-0.39, 0.29) is 12.5 Å². The lowest BCUT2D eigenvalue weighted by Crippen LogP contribution is -2.30. The van der Waals surface area contributed by atoms with Crippen LogP contribution in [0.1, 0.15) is 5.56 Å². The van der Waals surface area contributed by atoms with Crippen molar-refractivity contribution in [1.29, 1.82) is 0 Å². The van der Waals surface area contributed by atoms with Gasteiger partial charge in [-0.15, -0.1) is 0 Å². The Morgan fingerprint density at radius 1 is 1.13 bits per heavy atom. The van der Waals surface area contributed by atoms with Crippen LogP contribution in [0, 0.1) is 0 Å². The maximum absolute atomic E-state index is 11.7. The van der Waals surface area contributed by atoms with Gasteiger partial charge in [0.1, 0.15) is 5.75 Å². The summed E-state index contributed by atoms with van der Waals surface area (Å²) >= 11 is 11.0. The summed E-state index contributed by atoms with van der Waals surface area (Å²) in [6.45, 7) is 0.657. The smallest absolute Gasteiger partial charge is 0.257 e. The standard InChI is InChI=1S/C17H17BrClNO2S/c18-14-3-7-16(8-4-14)22-11-17(21)20-9-10-23-12-13-1-5-15(19)6-2-13/h1-8H,9-12H2,(H,20,21). The molecular weight excluding hydrogens is 398 g/mol. The quantitative estimate of drug-likeness (QED) is 0.645. The highest BCUT2D eigenvalue weighted by Gasteiger charge is 2.02. The molecule has 0 fully saturated rings. The Bertz CT molecular complexity index is 619. The van der Waals surface area contributed by atoms with Gasteiger partial charge in [0.05, 0.1) is 0 Å². The average Bonchev–Trinajstić information content (AvgIpc) is 2.56. The molecule has 0 spiro atoms. The molecular formula is C17H17BrClNO2S. The zero-order valence-electron chi connectivity index (χ0n) is 12.4. The third kappa shape index (κ3) is 7.29. The maximum atomic E-state index is 11.7. The van der Waals surface area contributed by atoms with Crippen LogP contribution >= 0.6 is 39.3 Å². The first-order valence-electron chi connectivity index (χ1n) is 7.11. The van der Waals surface area contributed by atoms with Gasteiger partial charge in [0.15, 0.2) is 6.61 Å². The molecule has 0 bridgehead atoms. The third-order valence-electron chi connectivity index (χ3n) is 2.93. The van der Waals surface area contributed by atoms with Crippen molar-refractivity contribution in [3.63, 3.8) is 0 Å².